The Balaban J connectivity index is 1.81. The predicted molar refractivity (Wildman–Crippen MR) is 113 cm³/mol. The van der Waals surface area contributed by atoms with Gasteiger partial charge in [-0.2, -0.15) is 0 Å². The summed E-state index contributed by atoms with van der Waals surface area (Å²) in [6.45, 7) is 2.25. The minimum atomic E-state index is 0.0120. The summed E-state index contributed by atoms with van der Waals surface area (Å²) in [5.41, 5.74) is 1.74. The van der Waals surface area contributed by atoms with Crippen molar-refractivity contribution in [2.45, 2.75) is 43.9 Å². The Morgan fingerprint density at radius 3 is 2.44 bits per heavy atom. The van der Waals surface area contributed by atoms with Gasteiger partial charge in [0.05, 0.1) is 0 Å². The Hall–Kier alpha value is -1.32. The molecule has 0 saturated carbocycles. The van der Waals surface area contributed by atoms with E-state index in [1.54, 1.807) is 6.08 Å². The summed E-state index contributed by atoms with van der Waals surface area (Å²) in [6, 6.07) is 15.9. The van der Waals surface area contributed by atoms with Crippen LogP contribution >= 0.6 is 27.7 Å². The quantitative estimate of drug-likeness (QED) is 0.173. The summed E-state index contributed by atoms with van der Waals surface area (Å²) in [5.74, 6) is 1.19. The van der Waals surface area contributed by atoms with Crippen LogP contribution in [0.2, 0.25) is 0 Å². The monoisotopic (exact) mass is 416 g/mol. The number of ketones is 1. The van der Waals surface area contributed by atoms with E-state index >= 15 is 0 Å². The van der Waals surface area contributed by atoms with Crippen molar-refractivity contribution in [2.24, 2.45) is 0 Å². The highest BCUT2D eigenvalue weighted by molar-refractivity contribution is 9.10. The third kappa shape index (κ3) is 7.21. The van der Waals surface area contributed by atoms with Crippen LogP contribution in [0.4, 0.5) is 0 Å². The molecular formula is C22H25BrOS. The van der Waals surface area contributed by atoms with Crippen LogP contribution in [0, 0.1) is 0 Å². The molecule has 0 unspecified atom stereocenters. The van der Waals surface area contributed by atoms with Crippen molar-refractivity contribution < 1.29 is 4.79 Å². The lowest BCUT2D eigenvalue weighted by molar-refractivity contribution is 0.104. The zero-order chi connectivity index (χ0) is 17.9. The van der Waals surface area contributed by atoms with E-state index in [0.29, 0.717) is 5.56 Å². The van der Waals surface area contributed by atoms with E-state index in [4.69, 9.17) is 0 Å². The zero-order valence-electron chi connectivity index (χ0n) is 14.7. The summed E-state index contributed by atoms with van der Waals surface area (Å²) in [4.78, 5) is 13.5. The van der Waals surface area contributed by atoms with Gasteiger partial charge in [-0.25, -0.2) is 0 Å². The number of thioether (sulfide) groups is 1. The van der Waals surface area contributed by atoms with Crippen LogP contribution in [-0.4, -0.2) is 11.5 Å². The highest BCUT2D eigenvalue weighted by Gasteiger charge is 2.05. The second-order valence-electron chi connectivity index (χ2n) is 6.01. The lowest BCUT2D eigenvalue weighted by Crippen LogP contribution is -1.94. The van der Waals surface area contributed by atoms with E-state index in [-0.39, 0.29) is 5.78 Å². The number of hydrogen-bond acceptors (Lipinski definition) is 2. The van der Waals surface area contributed by atoms with Gasteiger partial charge in [-0.1, -0.05) is 78.9 Å². The average molecular weight is 417 g/mol. The fourth-order valence-electron chi connectivity index (χ4n) is 2.49. The molecular weight excluding hydrogens is 392 g/mol. The van der Waals surface area contributed by atoms with Crippen molar-refractivity contribution >= 4 is 39.6 Å². The predicted octanol–water partition coefficient (Wildman–Crippen LogP) is 7.41. The van der Waals surface area contributed by atoms with Gasteiger partial charge in [-0.05, 0) is 48.1 Å². The van der Waals surface area contributed by atoms with Crippen LogP contribution in [0.5, 0.6) is 0 Å². The maximum absolute atomic E-state index is 12.2. The molecule has 2 aromatic rings. The minimum absolute atomic E-state index is 0.0120. The van der Waals surface area contributed by atoms with Crippen molar-refractivity contribution in [3.63, 3.8) is 0 Å². The number of carbonyl (C=O) groups is 1. The Morgan fingerprint density at radius 1 is 1.00 bits per heavy atom. The molecule has 0 saturated heterocycles. The Kier molecular flexibility index (Phi) is 9.06. The highest BCUT2D eigenvalue weighted by atomic mass is 79.9. The van der Waals surface area contributed by atoms with Gasteiger partial charge in [0.15, 0.2) is 5.78 Å². The van der Waals surface area contributed by atoms with Gasteiger partial charge in [0.25, 0.3) is 0 Å². The SMILES string of the molecule is CCCCCCCSc1ccc(C=CC(=O)c2ccccc2Br)cc1. The Morgan fingerprint density at radius 2 is 1.72 bits per heavy atom. The number of halogens is 1. The smallest absolute Gasteiger partial charge is 0.186 e. The van der Waals surface area contributed by atoms with Gasteiger partial charge in [0, 0.05) is 14.9 Å². The molecule has 0 N–H and O–H groups in total. The van der Waals surface area contributed by atoms with Gasteiger partial charge in [-0.3, -0.25) is 4.79 Å². The first-order valence-electron chi connectivity index (χ1n) is 8.90. The van der Waals surface area contributed by atoms with Crippen LogP contribution < -0.4 is 0 Å². The second-order valence-corrected chi connectivity index (χ2v) is 8.03. The average Bonchev–Trinajstić information content (AvgIpc) is 2.64. The maximum Gasteiger partial charge on any atom is 0.186 e. The molecule has 0 aromatic heterocycles. The van der Waals surface area contributed by atoms with Gasteiger partial charge < -0.3 is 0 Å². The van der Waals surface area contributed by atoms with Crippen molar-refractivity contribution in [3.05, 3.63) is 70.2 Å². The van der Waals surface area contributed by atoms with Crippen LogP contribution in [0.25, 0.3) is 6.08 Å². The summed E-state index contributed by atoms with van der Waals surface area (Å²) >= 11 is 5.33. The number of allylic oxidation sites excluding steroid dienone is 1. The van der Waals surface area contributed by atoms with E-state index < -0.39 is 0 Å². The van der Waals surface area contributed by atoms with Gasteiger partial charge >= 0.3 is 0 Å². The number of carbonyl (C=O) groups excluding carboxylic acids is 1. The molecule has 2 rings (SSSR count). The maximum atomic E-state index is 12.2. The normalized spacial score (nSPS) is 11.1. The largest absolute Gasteiger partial charge is 0.289 e. The number of rotatable bonds is 10. The summed E-state index contributed by atoms with van der Waals surface area (Å²) < 4.78 is 0.829. The first kappa shape index (κ1) is 20.0. The zero-order valence-corrected chi connectivity index (χ0v) is 17.1. The first-order valence-corrected chi connectivity index (χ1v) is 10.7. The standard InChI is InChI=1S/C22H25BrOS/c1-2-3-4-5-8-17-25-19-14-11-18(12-15-19)13-16-22(24)20-9-6-7-10-21(20)23/h6-7,9-16H,2-5,8,17H2,1H3. The highest BCUT2D eigenvalue weighted by Crippen LogP contribution is 2.21. The van der Waals surface area contributed by atoms with E-state index in [9.17, 15) is 4.79 Å². The molecule has 0 amide bonds. The number of unbranched alkanes of at least 4 members (excludes halogenated alkanes) is 4. The molecule has 0 aliphatic carbocycles. The van der Waals surface area contributed by atoms with Gasteiger partial charge in [0.1, 0.15) is 0 Å². The van der Waals surface area contributed by atoms with Crippen molar-refractivity contribution in [3.8, 4) is 0 Å². The molecule has 0 spiro atoms. The minimum Gasteiger partial charge on any atom is -0.289 e. The summed E-state index contributed by atoms with van der Waals surface area (Å²) in [6.07, 6.45) is 10.1. The van der Waals surface area contributed by atoms with Crippen LogP contribution in [0.1, 0.15) is 54.9 Å². The summed E-state index contributed by atoms with van der Waals surface area (Å²) in [5, 5.41) is 0. The molecule has 0 bridgehead atoms. The van der Waals surface area contributed by atoms with E-state index in [2.05, 4.69) is 47.1 Å². The molecule has 132 valence electrons. The van der Waals surface area contributed by atoms with Crippen molar-refractivity contribution in [1.82, 2.24) is 0 Å². The fourth-order valence-corrected chi connectivity index (χ4v) is 3.89. The van der Waals surface area contributed by atoms with Crippen molar-refractivity contribution in [1.29, 1.82) is 0 Å². The molecule has 0 aliphatic heterocycles. The molecule has 0 aliphatic rings. The molecule has 0 fully saturated rings. The third-order valence-corrected chi connectivity index (χ3v) is 5.75. The lowest BCUT2D eigenvalue weighted by Gasteiger charge is -2.03. The first-order chi connectivity index (χ1) is 12.2. The molecule has 25 heavy (non-hydrogen) atoms. The molecule has 0 atom stereocenters. The van der Waals surface area contributed by atoms with Crippen LogP contribution in [0.3, 0.4) is 0 Å². The molecule has 0 radical (unpaired) electrons. The van der Waals surface area contributed by atoms with E-state index in [1.165, 1.54) is 42.8 Å². The Labute approximate surface area is 164 Å². The van der Waals surface area contributed by atoms with Gasteiger partial charge in [-0.15, -0.1) is 11.8 Å². The topological polar surface area (TPSA) is 17.1 Å². The fraction of sp³-hybridized carbons (Fsp3) is 0.318. The van der Waals surface area contributed by atoms with E-state index in [1.807, 2.05) is 42.1 Å². The molecule has 2 aromatic carbocycles. The molecule has 0 heterocycles. The number of benzene rings is 2. The Bertz CT molecular complexity index is 691. The number of hydrogen-bond donors (Lipinski definition) is 0. The lowest BCUT2D eigenvalue weighted by atomic mass is 10.1. The molecule has 1 nitrogen and oxygen atoms in total. The van der Waals surface area contributed by atoms with Crippen LogP contribution in [-0.2, 0) is 0 Å². The molecule has 3 heteroatoms. The second kappa shape index (κ2) is 11.3. The third-order valence-electron chi connectivity index (χ3n) is 3.96. The summed E-state index contributed by atoms with van der Waals surface area (Å²) in [7, 11) is 0. The van der Waals surface area contributed by atoms with Gasteiger partial charge in [0.2, 0.25) is 0 Å². The van der Waals surface area contributed by atoms with Crippen LogP contribution in [0.15, 0.2) is 64.0 Å². The van der Waals surface area contributed by atoms with E-state index in [0.717, 1.165) is 10.0 Å². The van der Waals surface area contributed by atoms with Crippen molar-refractivity contribution in [2.75, 3.05) is 5.75 Å².